The monoisotopic (exact) mass is 250 g/mol. The Hall–Kier alpha value is -2.38. The van der Waals surface area contributed by atoms with Gasteiger partial charge in [-0.05, 0) is 18.2 Å². The normalized spacial score (nSPS) is 10.6. The third-order valence-corrected chi connectivity index (χ3v) is 2.35. The summed E-state index contributed by atoms with van der Waals surface area (Å²) in [4.78, 5) is 13.1. The number of ether oxygens (including phenoxy) is 1. The van der Waals surface area contributed by atoms with Crippen molar-refractivity contribution >= 4 is 11.7 Å². The van der Waals surface area contributed by atoms with Crippen molar-refractivity contribution < 1.29 is 9.53 Å². The third kappa shape index (κ3) is 2.47. The fraction of sp³-hybridized carbons (Fsp3) is 0.400. The first-order valence-corrected chi connectivity index (χ1v) is 5.45. The lowest BCUT2D eigenvalue weighted by atomic mass is 10.4. The summed E-state index contributed by atoms with van der Waals surface area (Å²) in [5.74, 6) is -0.102. The number of nitrogens with two attached hydrogens (primary N) is 1. The number of tetrazole rings is 1. The Morgan fingerprint density at radius 2 is 2.33 bits per heavy atom. The summed E-state index contributed by atoms with van der Waals surface area (Å²) in [7, 11) is 1.64. The number of hydrogen-bond donors (Lipinski definition) is 1. The van der Waals surface area contributed by atoms with Crippen molar-refractivity contribution in [3.63, 3.8) is 0 Å². The molecule has 0 aliphatic heterocycles. The largest absolute Gasteiger partial charge is 0.453 e. The van der Waals surface area contributed by atoms with E-state index in [1.807, 2.05) is 6.92 Å². The molecule has 2 aromatic rings. The summed E-state index contributed by atoms with van der Waals surface area (Å²) in [5.41, 5.74) is 6.58. The summed E-state index contributed by atoms with van der Waals surface area (Å²) in [6.07, 6.45) is 1.69. The Balaban J connectivity index is 2.03. The number of nitrogens with zero attached hydrogens (tertiary/aromatic N) is 5. The van der Waals surface area contributed by atoms with Gasteiger partial charge >= 0.3 is 5.97 Å². The van der Waals surface area contributed by atoms with E-state index < -0.39 is 5.97 Å². The number of aromatic nitrogens is 5. The zero-order chi connectivity index (χ0) is 13.1. The minimum absolute atomic E-state index is 0.0124. The quantitative estimate of drug-likeness (QED) is 0.765. The van der Waals surface area contributed by atoms with E-state index in [2.05, 4.69) is 15.4 Å². The fourth-order valence-electron chi connectivity index (χ4n) is 1.55. The molecular formula is C10H14N6O2. The summed E-state index contributed by atoms with van der Waals surface area (Å²) < 4.78 is 6.81. The van der Waals surface area contributed by atoms with Crippen LogP contribution in [0.25, 0.3) is 0 Å². The van der Waals surface area contributed by atoms with Gasteiger partial charge in [-0.25, -0.2) is 4.79 Å². The Morgan fingerprint density at radius 3 is 2.94 bits per heavy atom. The van der Waals surface area contributed by atoms with Gasteiger partial charge in [-0.3, -0.25) is 0 Å². The van der Waals surface area contributed by atoms with Crippen molar-refractivity contribution in [2.45, 2.75) is 20.1 Å². The van der Waals surface area contributed by atoms with Crippen molar-refractivity contribution in [3.05, 3.63) is 23.8 Å². The van der Waals surface area contributed by atoms with Gasteiger partial charge in [-0.1, -0.05) is 0 Å². The van der Waals surface area contributed by atoms with E-state index in [1.165, 1.54) is 4.80 Å². The smallest absolute Gasteiger partial charge is 0.355 e. The lowest BCUT2D eigenvalue weighted by molar-refractivity contribution is 0.0449. The summed E-state index contributed by atoms with van der Waals surface area (Å²) in [6, 6.07) is 1.58. The second-order valence-electron chi connectivity index (χ2n) is 3.72. The molecule has 96 valence electrons. The number of nitrogen functional groups attached to an aromatic ring is 1. The maximum atomic E-state index is 11.8. The number of carbonyl (C=O) groups excluding carboxylic acids is 1. The first-order chi connectivity index (χ1) is 8.60. The van der Waals surface area contributed by atoms with E-state index >= 15 is 0 Å². The van der Waals surface area contributed by atoms with Gasteiger partial charge in [0, 0.05) is 12.7 Å². The number of hydrogen-bond acceptors (Lipinski definition) is 6. The molecule has 0 radical (unpaired) electrons. The van der Waals surface area contributed by atoms with Gasteiger partial charge in [0.05, 0.1) is 12.7 Å². The zero-order valence-corrected chi connectivity index (χ0v) is 10.2. The van der Waals surface area contributed by atoms with Crippen LogP contribution in [0.1, 0.15) is 23.2 Å². The van der Waals surface area contributed by atoms with E-state index in [4.69, 9.17) is 10.5 Å². The molecular weight excluding hydrogens is 236 g/mol. The van der Waals surface area contributed by atoms with Gasteiger partial charge in [-0.2, -0.15) is 4.80 Å². The van der Waals surface area contributed by atoms with Crippen LogP contribution in [0.3, 0.4) is 0 Å². The van der Waals surface area contributed by atoms with Crippen molar-refractivity contribution in [2.75, 3.05) is 5.73 Å². The van der Waals surface area contributed by atoms with Crippen LogP contribution >= 0.6 is 0 Å². The van der Waals surface area contributed by atoms with Crippen molar-refractivity contribution in [1.82, 2.24) is 24.8 Å². The molecule has 0 fully saturated rings. The van der Waals surface area contributed by atoms with E-state index in [-0.39, 0.29) is 6.61 Å². The van der Waals surface area contributed by atoms with Gasteiger partial charge in [0.25, 0.3) is 0 Å². The molecule has 0 aliphatic rings. The molecule has 2 aromatic heterocycles. The van der Waals surface area contributed by atoms with Gasteiger partial charge in [0.1, 0.15) is 5.69 Å². The van der Waals surface area contributed by atoms with Crippen LogP contribution < -0.4 is 5.73 Å². The van der Waals surface area contributed by atoms with E-state index in [0.717, 1.165) is 0 Å². The lowest BCUT2D eigenvalue weighted by Gasteiger charge is -2.04. The van der Waals surface area contributed by atoms with E-state index in [1.54, 1.807) is 23.9 Å². The summed E-state index contributed by atoms with van der Waals surface area (Å²) >= 11 is 0. The molecule has 0 amide bonds. The number of aryl methyl sites for hydroxylation is 2. The Labute approximate surface area is 103 Å². The molecule has 0 atom stereocenters. The van der Waals surface area contributed by atoms with Crippen molar-refractivity contribution in [3.8, 4) is 0 Å². The molecule has 18 heavy (non-hydrogen) atoms. The van der Waals surface area contributed by atoms with Crippen LogP contribution in [-0.2, 0) is 24.9 Å². The van der Waals surface area contributed by atoms with E-state index in [9.17, 15) is 4.79 Å². The maximum absolute atomic E-state index is 11.8. The third-order valence-electron chi connectivity index (χ3n) is 2.35. The van der Waals surface area contributed by atoms with Gasteiger partial charge in [0.2, 0.25) is 5.82 Å². The van der Waals surface area contributed by atoms with E-state index in [0.29, 0.717) is 23.8 Å². The lowest BCUT2D eigenvalue weighted by Crippen LogP contribution is -2.11. The van der Waals surface area contributed by atoms with Gasteiger partial charge < -0.3 is 15.0 Å². The van der Waals surface area contributed by atoms with Gasteiger partial charge in [-0.15, -0.1) is 10.2 Å². The first kappa shape index (κ1) is 12.1. The SMILES string of the molecule is CCn1cc(N)cc1C(=O)OCc1nnn(C)n1. The zero-order valence-electron chi connectivity index (χ0n) is 10.2. The molecule has 0 spiro atoms. The molecule has 2 heterocycles. The predicted octanol–water partition coefficient (Wildman–Crippen LogP) is -0.0293. The van der Waals surface area contributed by atoms with Crippen LogP contribution in [-0.4, -0.2) is 30.7 Å². The molecule has 0 aliphatic carbocycles. The number of anilines is 1. The number of esters is 1. The minimum Gasteiger partial charge on any atom is -0.453 e. The summed E-state index contributed by atoms with van der Waals surface area (Å²) in [6.45, 7) is 2.55. The topological polar surface area (TPSA) is 101 Å². The molecule has 0 unspecified atom stereocenters. The molecule has 0 saturated carbocycles. The number of rotatable bonds is 4. The average Bonchev–Trinajstić information content (AvgIpc) is 2.92. The highest BCUT2D eigenvalue weighted by atomic mass is 16.5. The Morgan fingerprint density at radius 1 is 1.56 bits per heavy atom. The highest BCUT2D eigenvalue weighted by molar-refractivity contribution is 5.89. The average molecular weight is 250 g/mol. The molecule has 2 rings (SSSR count). The Kier molecular flexibility index (Phi) is 3.26. The standard InChI is InChI=1S/C10H14N6O2/c1-3-16-5-7(11)4-8(16)10(17)18-6-9-12-14-15(2)13-9/h4-5H,3,6,11H2,1-2H3. The number of carbonyl (C=O) groups is 1. The highest BCUT2D eigenvalue weighted by Gasteiger charge is 2.14. The van der Waals surface area contributed by atoms with Crippen molar-refractivity contribution in [1.29, 1.82) is 0 Å². The van der Waals surface area contributed by atoms with Crippen LogP contribution in [0.4, 0.5) is 5.69 Å². The molecule has 8 heteroatoms. The van der Waals surface area contributed by atoms with Crippen LogP contribution in [0.15, 0.2) is 12.3 Å². The van der Waals surface area contributed by atoms with Crippen LogP contribution in [0, 0.1) is 0 Å². The maximum Gasteiger partial charge on any atom is 0.355 e. The van der Waals surface area contributed by atoms with Crippen LogP contribution in [0.2, 0.25) is 0 Å². The summed E-state index contributed by atoms with van der Waals surface area (Å²) in [5, 5.41) is 11.3. The molecule has 0 saturated heterocycles. The molecule has 0 bridgehead atoms. The Bertz CT molecular complexity index is 558. The molecule has 0 aromatic carbocycles. The second-order valence-corrected chi connectivity index (χ2v) is 3.72. The fourth-order valence-corrected chi connectivity index (χ4v) is 1.55. The molecule has 2 N–H and O–H groups in total. The first-order valence-electron chi connectivity index (χ1n) is 5.45. The van der Waals surface area contributed by atoms with Gasteiger partial charge in [0.15, 0.2) is 6.61 Å². The highest BCUT2D eigenvalue weighted by Crippen LogP contribution is 2.12. The molecule has 8 nitrogen and oxygen atoms in total. The predicted molar refractivity (Wildman–Crippen MR) is 62.4 cm³/mol. The van der Waals surface area contributed by atoms with Crippen LogP contribution in [0.5, 0.6) is 0 Å². The van der Waals surface area contributed by atoms with Crippen molar-refractivity contribution in [2.24, 2.45) is 7.05 Å². The minimum atomic E-state index is -0.457. The second kappa shape index (κ2) is 4.86.